The first-order valence-corrected chi connectivity index (χ1v) is 6.63. The zero-order valence-electron chi connectivity index (χ0n) is 12.2. The van der Waals surface area contributed by atoms with Crippen LogP contribution >= 0.6 is 0 Å². The highest BCUT2D eigenvalue weighted by atomic mass is 16.1. The summed E-state index contributed by atoms with van der Waals surface area (Å²) in [5.41, 5.74) is 5.20. The van der Waals surface area contributed by atoms with E-state index in [9.17, 15) is 4.79 Å². The third-order valence-electron chi connectivity index (χ3n) is 3.09. The molecule has 0 fully saturated rings. The van der Waals surface area contributed by atoms with Crippen LogP contribution in [-0.2, 0) is 0 Å². The molecule has 0 radical (unpaired) electrons. The molecule has 22 heavy (non-hydrogen) atoms. The molecule has 8 heteroatoms. The van der Waals surface area contributed by atoms with E-state index in [0.717, 1.165) is 11.3 Å². The van der Waals surface area contributed by atoms with Crippen LogP contribution in [0, 0.1) is 0 Å². The number of rotatable bonds is 4. The van der Waals surface area contributed by atoms with Crippen molar-refractivity contribution < 1.29 is 0 Å². The number of imidazole rings is 1. The molecule has 3 aromatic rings. The summed E-state index contributed by atoms with van der Waals surface area (Å²) in [5.74, 6) is 0.361. The number of fused-ring (bicyclic) bond motifs is 1. The van der Waals surface area contributed by atoms with Gasteiger partial charge < -0.3 is 14.9 Å². The lowest BCUT2D eigenvalue weighted by Crippen LogP contribution is -2.08. The van der Waals surface area contributed by atoms with E-state index < -0.39 is 0 Å². The maximum absolute atomic E-state index is 11.5. The van der Waals surface area contributed by atoms with Crippen molar-refractivity contribution in [3.8, 4) is 0 Å². The number of hydrogen-bond donors (Lipinski definition) is 3. The molecule has 2 heterocycles. The Morgan fingerprint density at radius 1 is 1.27 bits per heavy atom. The van der Waals surface area contributed by atoms with E-state index in [-0.39, 0.29) is 5.56 Å². The van der Waals surface area contributed by atoms with Crippen LogP contribution in [-0.4, -0.2) is 40.2 Å². The van der Waals surface area contributed by atoms with Crippen LogP contribution in [0.25, 0.3) is 11.2 Å². The average molecular weight is 297 g/mol. The summed E-state index contributed by atoms with van der Waals surface area (Å²) in [5, 5.41) is 4.09. The predicted octanol–water partition coefficient (Wildman–Crippen LogP) is 1.16. The van der Waals surface area contributed by atoms with Crippen molar-refractivity contribution >= 4 is 29.0 Å². The van der Waals surface area contributed by atoms with Gasteiger partial charge >= 0.3 is 0 Å². The van der Waals surface area contributed by atoms with Crippen LogP contribution in [0.4, 0.5) is 11.6 Å². The predicted molar refractivity (Wildman–Crippen MR) is 86.5 cm³/mol. The topological polar surface area (TPSA) is 102 Å². The van der Waals surface area contributed by atoms with E-state index in [2.05, 4.69) is 30.5 Å². The smallest absolute Gasteiger partial charge is 0.276 e. The van der Waals surface area contributed by atoms with Gasteiger partial charge in [-0.25, -0.2) is 10.4 Å². The standard InChI is InChI=1S/C14H15N7O/c1-21(2)10-5-3-9(4-6-10)7-17-20-14-18-11-12(19-14)15-8-16-13(11)22/h3-8H,1-2H3,(H3,15,16,18,19,20,22)/b17-7+. The molecule has 1 aromatic carbocycles. The number of H-pyrrole nitrogens is 2. The molecule has 0 atom stereocenters. The Bertz CT molecular complexity index is 861. The SMILES string of the molecule is CN(C)c1ccc(/C=N/Nc2nc3nc[nH]c(=O)c3[nH]2)cc1. The fourth-order valence-electron chi connectivity index (χ4n) is 1.92. The van der Waals surface area contributed by atoms with Crippen LogP contribution in [0.5, 0.6) is 0 Å². The minimum Gasteiger partial charge on any atom is -0.378 e. The first-order chi connectivity index (χ1) is 10.6. The van der Waals surface area contributed by atoms with Crippen LogP contribution in [0.1, 0.15) is 5.56 Å². The number of hydrogen-bond acceptors (Lipinski definition) is 6. The van der Waals surface area contributed by atoms with Crippen LogP contribution in [0.15, 0.2) is 40.5 Å². The molecule has 0 aliphatic carbocycles. The van der Waals surface area contributed by atoms with Crippen molar-refractivity contribution in [1.82, 2.24) is 19.9 Å². The maximum Gasteiger partial charge on any atom is 0.276 e. The number of nitrogens with zero attached hydrogens (tertiary/aromatic N) is 4. The van der Waals surface area contributed by atoms with E-state index in [0.29, 0.717) is 17.1 Å². The highest BCUT2D eigenvalue weighted by Crippen LogP contribution is 2.11. The molecule has 3 N–H and O–H groups in total. The molecule has 0 amide bonds. The summed E-state index contributed by atoms with van der Waals surface area (Å²) < 4.78 is 0. The second-order valence-electron chi connectivity index (χ2n) is 4.87. The highest BCUT2D eigenvalue weighted by Gasteiger charge is 2.05. The van der Waals surface area contributed by atoms with Gasteiger partial charge in [-0.3, -0.25) is 4.79 Å². The summed E-state index contributed by atoms with van der Waals surface area (Å²) in [6.45, 7) is 0. The van der Waals surface area contributed by atoms with Gasteiger partial charge in [0.1, 0.15) is 0 Å². The normalized spacial score (nSPS) is 11.2. The number of anilines is 2. The van der Waals surface area contributed by atoms with Crippen molar-refractivity contribution in [3.63, 3.8) is 0 Å². The Hall–Kier alpha value is -3.16. The van der Waals surface area contributed by atoms with Gasteiger partial charge in [0.15, 0.2) is 11.2 Å². The number of hydrazone groups is 1. The molecule has 0 spiro atoms. The minimum absolute atomic E-state index is 0.270. The fraction of sp³-hybridized carbons (Fsp3) is 0.143. The largest absolute Gasteiger partial charge is 0.378 e. The Morgan fingerprint density at radius 2 is 2.05 bits per heavy atom. The van der Waals surface area contributed by atoms with Gasteiger partial charge in [-0.2, -0.15) is 10.1 Å². The van der Waals surface area contributed by atoms with Gasteiger partial charge in [-0.15, -0.1) is 0 Å². The Labute approximate surface area is 125 Å². The maximum atomic E-state index is 11.5. The van der Waals surface area contributed by atoms with E-state index in [1.807, 2.05) is 43.3 Å². The molecule has 2 aromatic heterocycles. The number of nitrogens with one attached hydrogen (secondary N) is 3. The quantitative estimate of drug-likeness (QED) is 0.495. The molecular weight excluding hydrogens is 282 g/mol. The lowest BCUT2D eigenvalue weighted by Gasteiger charge is -2.11. The zero-order valence-corrected chi connectivity index (χ0v) is 12.2. The highest BCUT2D eigenvalue weighted by molar-refractivity contribution is 5.81. The van der Waals surface area contributed by atoms with E-state index >= 15 is 0 Å². The van der Waals surface area contributed by atoms with Crippen molar-refractivity contribution in [1.29, 1.82) is 0 Å². The summed E-state index contributed by atoms with van der Waals surface area (Å²) in [7, 11) is 3.98. The molecule has 0 unspecified atom stereocenters. The fourth-order valence-corrected chi connectivity index (χ4v) is 1.92. The van der Waals surface area contributed by atoms with Gasteiger partial charge in [0.05, 0.1) is 12.5 Å². The van der Waals surface area contributed by atoms with E-state index in [4.69, 9.17) is 0 Å². The van der Waals surface area contributed by atoms with Crippen LogP contribution in [0.3, 0.4) is 0 Å². The molecule has 0 bridgehead atoms. The second-order valence-corrected chi connectivity index (χ2v) is 4.87. The van der Waals surface area contributed by atoms with Gasteiger partial charge in [0, 0.05) is 19.8 Å². The van der Waals surface area contributed by atoms with E-state index in [1.54, 1.807) is 6.21 Å². The van der Waals surface area contributed by atoms with Crippen molar-refractivity contribution in [3.05, 3.63) is 46.5 Å². The van der Waals surface area contributed by atoms with E-state index in [1.165, 1.54) is 6.33 Å². The average Bonchev–Trinajstić information content (AvgIpc) is 2.92. The summed E-state index contributed by atoms with van der Waals surface area (Å²) in [4.78, 5) is 26.9. The molecule has 3 rings (SSSR count). The summed E-state index contributed by atoms with van der Waals surface area (Å²) >= 11 is 0. The summed E-state index contributed by atoms with van der Waals surface area (Å²) in [6, 6.07) is 7.94. The van der Waals surface area contributed by atoms with Gasteiger partial charge in [0.25, 0.3) is 5.56 Å². The lowest BCUT2D eigenvalue weighted by molar-refractivity contribution is 1.13. The molecule has 112 valence electrons. The third-order valence-corrected chi connectivity index (χ3v) is 3.09. The molecule has 8 nitrogen and oxygen atoms in total. The monoisotopic (exact) mass is 297 g/mol. The van der Waals surface area contributed by atoms with Crippen LogP contribution in [0.2, 0.25) is 0 Å². The number of aromatic nitrogens is 4. The summed E-state index contributed by atoms with van der Waals surface area (Å²) in [6.07, 6.45) is 2.98. The Morgan fingerprint density at radius 3 is 2.73 bits per heavy atom. The minimum atomic E-state index is -0.270. The molecule has 0 aliphatic heterocycles. The molecule has 0 aliphatic rings. The second kappa shape index (κ2) is 5.68. The Balaban J connectivity index is 1.73. The van der Waals surface area contributed by atoms with Gasteiger partial charge in [-0.05, 0) is 17.7 Å². The first-order valence-electron chi connectivity index (χ1n) is 6.63. The third kappa shape index (κ3) is 2.80. The number of benzene rings is 1. The van der Waals surface area contributed by atoms with Crippen molar-refractivity contribution in [2.45, 2.75) is 0 Å². The van der Waals surface area contributed by atoms with Gasteiger partial charge in [0.2, 0.25) is 5.95 Å². The lowest BCUT2D eigenvalue weighted by atomic mass is 10.2. The first kappa shape index (κ1) is 13.8. The molecule has 0 saturated heterocycles. The zero-order chi connectivity index (χ0) is 15.5. The van der Waals surface area contributed by atoms with Crippen molar-refractivity contribution in [2.75, 3.05) is 24.4 Å². The Kier molecular flexibility index (Phi) is 3.57. The van der Waals surface area contributed by atoms with Gasteiger partial charge in [-0.1, -0.05) is 12.1 Å². The van der Waals surface area contributed by atoms with Crippen LogP contribution < -0.4 is 15.9 Å². The number of aromatic amines is 2. The molecule has 0 saturated carbocycles. The molecular formula is C14H15N7O. The van der Waals surface area contributed by atoms with Crippen molar-refractivity contribution in [2.24, 2.45) is 5.10 Å².